The van der Waals surface area contributed by atoms with E-state index in [0.717, 1.165) is 10.4 Å². The molecule has 1 aromatic heterocycles. The molecule has 1 aromatic carbocycles. The van der Waals surface area contributed by atoms with Crippen LogP contribution in [0.3, 0.4) is 0 Å². The highest BCUT2D eigenvalue weighted by Gasteiger charge is 2.11. The zero-order chi connectivity index (χ0) is 11.4. The van der Waals surface area contributed by atoms with Crippen LogP contribution in [0.15, 0.2) is 47.8 Å². The van der Waals surface area contributed by atoms with E-state index >= 15 is 0 Å². The number of benzene rings is 1. The zero-order valence-electron chi connectivity index (χ0n) is 9.01. The van der Waals surface area contributed by atoms with Crippen molar-refractivity contribution < 1.29 is 4.79 Å². The highest BCUT2D eigenvalue weighted by Crippen LogP contribution is 2.14. The van der Waals surface area contributed by atoms with Crippen LogP contribution in [0.4, 0.5) is 0 Å². The van der Waals surface area contributed by atoms with Gasteiger partial charge in [0.1, 0.15) is 0 Å². The molecule has 0 radical (unpaired) electrons. The molecular weight excluding hydrogens is 218 g/mol. The molecule has 1 atom stereocenters. The summed E-state index contributed by atoms with van der Waals surface area (Å²) in [5.41, 5.74) is 1.12. The normalized spacial score (nSPS) is 12.1. The minimum Gasteiger partial charge on any atom is -0.345 e. The van der Waals surface area contributed by atoms with Crippen molar-refractivity contribution in [1.29, 1.82) is 0 Å². The fraction of sp³-hybridized carbons (Fsp3) is 0.154. The van der Waals surface area contributed by atoms with Gasteiger partial charge in [-0.05, 0) is 23.9 Å². The van der Waals surface area contributed by atoms with Crippen LogP contribution < -0.4 is 5.32 Å². The molecule has 0 spiro atoms. The second-order valence-electron chi connectivity index (χ2n) is 3.58. The first-order valence-corrected chi connectivity index (χ1v) is 6.04. The third kappa shape index (κ3) is 2.49. The van der Waals surface area contributed by atoms with Crippen molar-refractivity contribution >= 4 is 17.2 Å². The molecule has 2 aromatic rings. The Kier molecular flexibility index (Phi) is 3.37. The van der Waals surface area contributed by atoms with Crippen molar-refractivity contribution in [2.24, 2.45) is 0 Å². The third-order valence-corrected chi connectivity index (χ3v) is 3.26. The Morgan fingerprint density at radius 1 is 1.19 bits per heavy atom. The average molecular weight is 231 g/mol. The first-order chi connectivity index (χ1) is 7.77. The molecule has 2 nitrogen and oxygen atoms in total. The van der Waals surface area contributed by atoms with E-state index in [1.54, 1.807) is 0 Å². The molecule has 1 N–H and O–H groups in total. The van der Waals surface area contributed by atoms with Crippen LogP contribution in [-0.2, 0) is 0 Å². The molecule has 0 fully saturated rings. The Bertz CT molecular complexity index is 450. The fourth-order valence-electron chi connectivity index (χ4n) is 1.50. The lowest BCUT2D eigenvalue weighted by atomic mass is 10.1. The topological polar surface area (TPSA) is 29.1 Å². The van der Waals surface area contributed by atoms with Crippen LogP contribution >= 0.6 is 11.3 Å². The van der Waals surface area contributed by atoms with Gasteiger partial charge in [0.05, 0.1) is 10.9 Å². The van der Waals surface area contributed by atoms with Crippen LogP contribution in [0.25, 0.3) is 0 Å². The quantitative estimate of drug-likeness (QED) is 0.863. The minimum absolute atomic E-state index is 0.00801. The van der Waals surface area contributed by atoms with Gasteiger partial charge < -0.3 is 5.32 Å². The van der Waals surface area contributed by atoms with E-state index in [-0.39, 0.29) is 11.9 Å². The Morgan fingerprint density at radius 3 is 2.56 bits per heavy atom. The maximum Gasteiger partial charge on any atom is 0.261 e. The van der Waals surface area contributed by atoms with Crippen LogP contribution in [0.2, 0.25) is 0 Å². The van der Waals surface area contributed by atoms with Gasteiger partial charge in [-0.1, -0.05) is 36.4 Å². The van der Waals surface area contributed by atoms with Crippen molar-refractivity contribution in [2.45, 2.75) is 13.0 Å². The summed E-state index contributed by atoms with van der Waals surface area (Å²) in [7, 11) is 0. The zero-order valence-corrected chi connectivity index (χ0v) is 9.83. The van der Waals surface area contributed by atoms with Gasteiger partial charge in [0.15, 0.2) is 0 Å². The summed E-state index contributed by atoms with van der Waals surface area (Å²) in [6, 6.07) is 13.7. The number of hydrogen-bond acceptors (Lipinski definition) is 2. The van der Waals surface area contributed by atoms with E-state index in [9.17, 15) is 4.79 Å². The number of carbonyl (C=O) groups is 1. The van der Waals surface area contributed by atoms with Gasteiger partial charge in [-0.15, -0.1) is 11.3 Å². The second-order valence-corrected chi connectivity index (χ2v) is 4.53. The van der Waals surface area contributed by atoms with Gasteiger partial charge in [-0.3, -0.25) is 4.79 Å². The Labute approximate surface area is 98.9 Å². The molecule has 0 saturated heterocycles. The summed E-state index contributed by atoms with van der Waals surface area (Å²) in [5.74, 6) is -0.00801. The molecule has 0 aliphatic heterocycles. The van der Waals surface area contributed by atoms with Crippen molar-refractivity contribution in [1.82, 2.24) is 5.32 Å². The predicted octanol–water partition coefficient (Wildman–Crippen LogP) is 3.24. The first-order valence-electron chi connectivity index (χ1n) is 5.16. The summed E-state index contributed by atoms with van der Waals surface area (Å²) in [6.07, 6.45) is 0. The summed E-state index contributed by atoms with van der Waals surface area (Å²) >= 11 is 1.46. The van der Waals surface area contributed by atoms with E-state index < -0.39 is 0 Å². The monoisotopic (exact) mass is 231 g/mol. The molecule has 0 unspecified atom stereocenters. The minimum atomic E-state index is -0.00801. The molecule has 1 amide bonds. The van der Waals surface area contributed by atoms with Gasteiger partial charge in [-0.2, -0.15) is 0 Å². The average Bonchev–Trinajstić information content (AvgIpc) is 2.83. The van der Waals surface area contributed by atoms with Gasteiger partial charge in [0.25, 0.3) is 5.91 Å². The lowest BCUT2D eigenvalue weighted by Gasteiger charge is -2.13. The number of carbonyl (C=O) groups excluding carboxylic acids is 1. The van der Waals surface area contributed by atoms with Crippen LogP contribution in [-0.4, -0.2) is 5.91 Å². The molecule has 3 heteroatoms. The van der Waals surface area contributed by atoms with E-state index in [0.29, 0.717) is 0 Å². The number of rotatable bonds is 3. The summed E-state index contributed by atoms with van der Waals surface area (Å²) in [6.45, 7) is 1.99. The number of nitrogens with one attached hydrogen (secondary N) is 1. The van der Waals surface area contributed by atoms with Crippen LogP contribution in [0, 0.1) is 0 Å². The summed E-state index contributed by atoms with van der Waals surface area (Å²) < 4.78 is 0. The maximum atomic E-state index is 11.8. The van der Waals surface area contributed by atoms with E-state index in [1.807, 2.05) is 54.8 Å². The second kappa shape index (κ2) is 4.94. The molecule has 0 aliphatic carbocycles. The maximum absolute atomic E-state index is 11.8. The molecule has 2 rings (SSSR count). The summed E-state index contributed by atoms with van der Waals surface area (Å²) in [5, 5.41) is 4.87. The fourth-order valence-corrected chi connectivity index (χ4v) is 2.13. The number of hydrogen-bond donors (Lipinski definition) is 1. The predicted molar refractivity (Wildman–Crippen MR) is 66.6 cm³/mol. The van der Waals surface area contributed by atoms with E-state index in [4.69, 9.17) is 0 Å². The largest absolute Gasteiger partial charge is 0.345 e. The van der Waals surface area contributed by atoms with Crippen LogP contribution in [0.5, 0.6) is 0 Å². The molecule has 16 heavy (non-hydrogen) atoms. The lowest BCUT2D eigenvalue weighted by molar-refractivity contribution is 0.0944. The molecule has 0 saturated carbocycles. The van der Waals surface area contributed by atoms with Gasteiger partial charge in [0, 0.05) is 0 Å². The van der Waals surface area contributed by atoms with Crippen LogP contribution in [0.1, 0.15) is 28.2 Å². The smallest absolute Gasteiger partial charge is 0.261 e. The van der Waals surface area contributed by atoms with Gasteiger partial charge in [-0.25, -0.2) is 0 Å². The SMILES string of the molecule is C[C@@H](NC(=O)c1cccs1)c1ccccc1. The van der Waals surface area contributed by atoms with Crippen molar-refractivity contribution in [3.05, 3.63) is 58.3 Å². The molecule has 0 bridgehead atoms. The summed E-state index contributed by atoms with van der Waals surface area (Å²) in [4.78, 5) is 12.5. The number of thiophene rings is 1. The molecular formula is C13H13NOS. The van der Waals surface area contributed by atoms with Gasteiger partial charge in [0.2, 0.25) is 0 Å². The highest BCUT2D eigenvalue weighted by atomic mass is 32.1. The highest BCUT2D eigenvalue weighted by molar-refractivity contribution is 7.12. The lowest BCUT2D eigenvalue weighted by Crippen LogP contribution is -2.25. The van der Waals surface area contributed by atoms with E-state index in [1.165, 1.54) is 11.3 Å². The van der Waals surface area contributed by atoms with Crippen molar-refractivity contribution in [3.63, 3.8) is 0 Å². The first kappa shape index (κ1) is 10.9. The standard InChI is InChI=1S/C13H13NOS/c1-10(11-6-3-2-4-7-11)14-13(15)12-8-5-9-16-12/h2-10H,1H3,(H,14,15)/t10-/m1/s1. The van der Waals surface area contributed by atoms with E-state index in [2.05, 4.69) is 5.32 Å². The van der Waals surface area contributed by atoms with Gasteiger partial charge >= 0.3 is 0 Å². The Balaban J connectivity index is 2.03. The molecule has 1 heterocycles. The molecule has 82 valence electrons. The number of amides is 1. The van der Waals surface area contributed by atoms with Crippen molar-refractivity contribution in [2.75, 3.05) is 0 Å². The third-order valence-electron chi connectivity index (χ3n) is 2.39. The molecule has 0 aliphatic rings. The Hall–Kier alpha value is -1.61. The van der Waals surface area contributed by atoms with Crippen molar-refractivity contribution in [3.8, 4) is 0 Å². The Morgan fingerprint density at radius 2 is 1.94 bits per heavy atom.